The minimum atomic E-state index is -0.273. The lowest BCUT2D eigenvalue weighted by Crippen LogP contribution is -2.44. The van der Waals surface area contributed by atoms with Crippen LogP contribution in [0.1, 0.15) is 5.76 Å². The Morgan fingerprint density at radius 1 is 1.33 bits per heavy atom. The molecule has 128 valence electrons. The molecule has 0 bridgehead atoms. The number of nitrogens with one attached hydrogen (secondary N) is 1. The van der Waals surface area contributed by atoms with Crippen molar-refractivity contribution in [3.63, 3.8) is 0 Å². The quantitative estimate of drug-likeness (QED) is 0.880. The number of anilines is 2. The number of aryl methyl sites for hydroxylation is 1. The molecule has 0 aromatic carbocycles. The first kappa shape index (κ1) is 16.3. The van der Waals surface area contributed by atoms with Crippen LogP contribution < -0.4 is 15.0 Å². The van der Waals surface area contributed by atoms with Gasteiger partial charge < -0.3 is 24.4 Å². The molecular formula is C16H21N5O3. The summed E-state index contributed by atoms with van der Waals surface area (Å²) in [6.45, 7) is 5.60. The van der Waals surface area contributed by atoms with Gasteiger partial charge in [-0.1, -0.05) is 0 Å². The molecule has 2 aromatic heterocycles. The maximum Gasteiger partial charge on any atom is 0.262 e. The number of hydrogen-bond donors (Lipinski definition) is 1. The van der Waals surface area contributed by atoms with Crippen LogP contribution >= 0.6 is 0 Å². The van der Waals surface area contributed by atoms with Crippen LogP contribution in [0.25, 0.3) is 0 Å². The van der Waals surface area contributed by atoms with Crippen molar-refractivity contribution in [3.8, 4) is 5.88 Å². The number of carbonyl (C=O) groups is 1. The number of likely N-dealkylation sites (N-methyl/N-ethyl adjacent to an activating group) is 1. The van der Waals surface area contributed by atoms with E-state index in [-0.39, 0.29) is 12.5 Å². The van der Waals surface area contributed by atoms with Gasteiger partial charge in [0.25, 0.3) is 11.8 Å². The van der Waals surface area contributed by atoms with Crippen molar-refractivity contribution in [2.45, 2.75) is 6.92 Å². The average molecular weight is 331 g/mol. The van der Waals surface area contributed by atoms with Crippen LogP contribution in [-0.4, -0.2) is 60.8 Å². The number of hydrogen-bond acceptors (Lipinski definition) is 7. The predicted molar refractivity (Wildman–Crippen MR) is 89.3 cm³/mol. The SMILES string of the molecule is Cc1cc(OCC(=O)Nc2ccc(N3CCN(C)CC3)nc2)no1. The van der Waals surface area contributed by atoms with Gasteiger partial charge in [-0.3, -0.25) is 4.79 Å². The van der Waals surface area contributed by atoms with Gasteiger partial charge in [0.2, 0.25) is 0 Å². The molecule has 0 aliphatic carbocycles. The number of ether oxygens (including phenoxy) is 1. The summed E-state index contributed by atoms with van der Waals surface area (Å²) in [5.74, 6) is 1.58. The summed E-state index contributed by atoms with van der Waals surface area (Å²) in [6, 6.07) is 5.39. The fourth-order valence-corrected chi connectivity index (χ4v) is 2.43. The summed E-state index contributed by atoms with van der Waals surface area (Å²) in [5, 5.41) is 6.41. The third-order valence-corrected chi connectivity index (χ3v) is 3.82. The monoisotopic (exact) mass is 331 g/mol. The van der Waals surface area contributed by atoms with Gasteiger partial charge in [-0.2, -0.15) is 0 Å². The van der Waals surface area contributed by atoms with E-state index >= 15 is 0 Å². The summed E-state index contributed by atoms with van der Waals surface area (Å²) < 4.78 is 10.1. The molecule has 1 aliphatic heterocycles. The van der Waals surface area contributed by atoms with Crippen molar-refractivity contribution in [1.82, 2.24) is 15.0 Å². The van der Waals surface area contributed by atoms with Crippen molar-refractivity contribution in [2.24, 2.45) is 0 Å². The molecule has 1 aliphatic rings. The summed E-state index contributed by atoms with van der Waals surface area (Å²) in [4.78, 5) is 20.8. The fourth-order valence-electron chi connectivity index (χ4n) is 2.43. The molecule has 0 spiro atoms. The van der Waals surface area contributed by atoms with Crippen molar-refractivity contribution in [1.29, 1.82) is 0 Å². The van der Waals surface area contributed by atoms with Gasteiger partial charge in [0, 0.05) is 32.2 Å². The van der Waals surface area contributed by atoms with Crippen LogP contribution in [0, 0.1) is 6.92 Å². The zero-order valence-corrected chi connectivity index (χ0v) is 13.9. The van der Waals surface area contributed by atoms with Crippen LogP contribution in [0.2, 0.25) is 0 Å². The summed E-state index contributed by atoms with van der Waals surface area (Å²) in [7, 11) is 2.12. The van der Waals surface area contributed by atoms with Gasteiger partial charge in [-0.15, -0.1) is 0 Å². The third kappa shape index (κ3) is 4.23. The normalized spacial score (nSPS) is 15.3. The van der Waals surface area contributed by atoms with Crippen LogP contribution in [0.5, 0.6) is 5.88 Å². The Labute approximate surface area is 140 Å². The van der Waals surface area contributed by atoms with Crippen molar-refractivity contribution < 1.29 is 14.1 Å². The number of aromatic nitrogens is 2. The number of pyridine rings is 1. The largest absolute Gasteiger partial charge is 0.465 e. The molecule has 1 saturated heterocycles. The van der Waals surface area contributed by atoms with Crippen LogP contribution in [0.15, 0.2) is 28.9 Å². The third-order valence-electron chi connectivity index (χ3n) is 3.82. The number of nitrogens with zero attached hydrogens (tertiary/aromatic N) is 4. The lowest BCUT2D eigenvalue weighted by molar-refractivity contribution is -0.118. The Kier molecular flexibility index (Phi) is 4.95. The molecule has 3 rings (SSSR count). The second-order valence-corrected chi connectivity index (χ2v) is 5.81. The highest BCUT2D eigenvalue weighted by atomic mass is 16.5. The second kappa shape index (κ2) is 7.31. The molecule has 1 fully saturated rings. The van der Waals surface area contributed by atoms with Crippen molar-refractivity contribution in [3.05, 3.63) is 30.2 Å². The van der Waals surface area contributed by atoms with Crippen molar-refractivity contribution >= 4 is 17.4 Å². The standard InChI is InChI=1S/C16H21N5O3/c1-12-9-16(19-24-12)23-11-15(22)18-13-3-4-14(17-10-13)21-7-5-20(2)6-8-21/h3-4,9-10H,5-8,11H2,1-2H3,(H,18,22). The van der Waals surface area contributed by atoms with E-state index in [9.17, 15) is 4.79 Å². The molecule has 3 heterocycles. The van der Waals surface area contributed by atoms with E-state index in [4.69, 9.17) is 9.26 Å². The van der Waals surface area contributed by atoms with Gasteiger partial charge in [-0.25, -0.2) is 4.98 Å². The van der Waals surface area contributed by atoms with E-state index < -0.39 is 0 Å². The van der Waals surface area contributed by atoms with E-state index in [2.05, 4.69) is 32.3 Å². The zero-order valence-electron chi connectivity index (χ0n) is 13.9. The molecule has 0 atom stereocenters. The molecule has 8 heteroatoms. The highest BCUT2D eigenvalue weighted by molar-refractivity contribution is 5.91. The summed E-state index contributed by atoms with van der Waals surface area (Å²) >= 11 is 0. The fraction of sp³-hybridized carbons (Fsp3) is 0.438. The van der Waals surface area contributed by atoms with Crippen molar-refractivity contribution in [2.75, 3.05) is 50.1 Å². The number of amides is 1. The summed E-state index contributed by atoms with van der Waals surface area (Å²) in [6.07, 6.45) is 1.66. The highest BCUT2D eigenvalue weighted by Gasteiger charge is 2.15. The first-order valence-corrected chi connectivity index (χ1v) is 7.86. The maximum absolute atomic E-state index is 11.9. The topological polar surface area (TPSA) is 83.7 Å². The maximum atomic E-state index is 11.9. The molecule has 8 nitrogen and oxygen atoms in total. The van der Waals surface area contributed by atoms with E-state index in [0.717, 1.165) is 32.0 Å². The Morgan fingerprint density at radius 3 is 2.75 bits per heavy atom. The molecule has 1 N–H and O–H groups in total. The van der Waals surface area contributed by atoms with E-state index in [1.54, 1.807) is 19.2 Å². The number of carbonyl (C=O) groups excluding carboxylic acids is 1. The van der Waals surface area contributed by atoms with Gasteiger partial charge in [0.15, 0.2) is 6.61 Å². The minimum Gasteiger partial charge on any atom is -0.465 e. The zero-order chi connectivity index (χ0) is 16.9. The Hall–Kier alpha value is -2.61. The van der Waals surface area contributed by atoms with Gasteiger partial charge >= 0.3 is 0 Å². The van der Waals surface area contributed by atoms with E-state index in [1.165, 1.54) is 0 Å². The van der Waals surface area contributed by atoms with Gasteiger partial charge in [-0.05, 0) is 31.3 Å². The molecule has 24 heavy (non-hydrogen) atoms. The van der Waals surface area contributed by atoms with Crippen LogP contribution in [-0.2, 0) is 4.79 Å². The smallest absolute Gasteiger partial charge is 0.262 e. The molecule has 1 amide bonds. The highest BCUT2D eigenvalue weighted by Crippen LogP contribution is 2.16. The molecular weight excluding hydrogens is 310 g/mol. The molecule has 2 aromatic rings. The first-order valence-electron chi connectivity index (χ1n) is 7.86. The first-order chi connectivity index (χ1) is 11.6. The van der Waals surface area contributed by atoms with E-state index in [0.29, 0.717) is 17.3 Å². The lowest BCUT2D eigenvalue weighted by atomic mass is 10.3. The predicted octanol–water partition coefficient (Wildman–Crippen LogP) is 1.15. The lowest BCUT2D eigenvalue weighted by Gasteiger charge is -2.33. The Morgan fingerprint density at radius 2 is 2.12 bits per heavy atom. The summed E-state index contributed by atoms with van der Waals surface area (Å²) in [5.41, 5.74) is 0.637. The minimum absolute atomic E-state index is 0.133. The Bertz CT molecular complexity index is 677. The van der Waals surface area contributed by atoms with Gasteiger partial charge in [0.1, 0.15) is 11.6 Å². The molecule has 0 radical (unpaired) electrons. The number of rotatable bonds is 5. The average Bonchev–Trinajstić information content (AvgIpc) is 3.00. The van der Waals surface area contributed by atoms with Crippen LogP contribution in [0.3, 0.4) is 0 Å². The molecule has 0 saturated carbocycles. The number of piperazine rings is 1. The van der Waals surface area contributed by atoms with Crippen LogP contribution in [0.4, 0.5) is 11.5 Å². The second-order valence-electron chi connectivity index (χ2n) is 5.81. The van der Waals surface area contributed by atoms with E-state index in [1.807, 2.05) is 12.1 Å². The Balaban J connectivity index is 1.49. The van der Waals surface area contributed by atoms with Gasteiger partial charge in [0.05, 0.1) is 11.9 Å². The molecule has 0 unspecified atom stereocenters.